The number of nitriles is 1. The molecule has 7 amide bonds. The lowest BCUT2D eigenvalue weighted by atomic mass is 9.87. The van der Waals surface area contributed by atoms with Crippen LogP contribution in [-0.2, 0) is 62.1 Å². The van der Waals surface area contributed by atoms with Gasteiger partial charge in [0, 0.05) is 44.6 Å². The molecule has 554 valence electrons. The van der Waals surface area contributed by atoms with E-state index in [0.717, 1.165) is 50.0 Å². The van der Waals surface area contributed by atoms with Gasteiger partial charge in [0.25, 0.3) is 17.7 Å². The molecule has 6 aromatic heterocycles. The summed E-state index contributed by atoms with van der Waals surface area (Å²) in [6, 6.07) is 8.24. The number of amides is 7. The number of carbonyl (C=O) groups is 8. The van der Waals surface area contributed by atoms with E-state index in [1.807, 2.05) is 0 Å². The Labute approximate surface area is 587 Å². The maximum Gasteiger partial charge on any atom is 0.419 e. The van der Waals surface area contributed by atoms with Crippen molar-refractivity contribution in [2.45, 2.75) is 95.2 Å². The minimum atomic E-state index is -4.88. The van der Waals surface area contributed by atoms with E-state index in [2.05, 4.69) is 93.1 Å². The quantitative estimate of drug-likeness (QED) is 0.0441. The number of nitrogens with two attached hydrogens (primary N) is 1. The number of H-pyrrole nitrogens is 3. The second-order valence-corrected chi connectivity index (χ2v) is 24.3. The van der Waals surface area contributed by atoms with Crippen molar-refractivity contribution < 1.29 is 91.0 Å². The van der Waals surface area contributed by atoms with Gasteiger partial charge in [0.1, 0.15) is 81.6 Å². The average molecular weight is 1490 g/mol. The molecule has 30 nitrogen and oxygen atoms in total. The first-order valence-corrected chi connectivity index (χ1v) is 32.0. The normalized spacial score (nSPS) is 17.3. The molecule has 0 bridgehead atoms. The minimum Gasteiger partial charge on any atom is -0.368 e. The number of hydrogen-bond donors (Lipinski definition) is 9. The largest absolute Gasteiger partial charge is 0.419 e. The summed E-state index contributed by atoms with van der Waals surface area (Å²) >= 11 is 0. The average Bonchev–Trinajstić information content (AvgIpc) is 1.64. The third kappa shape index (κ3) is 16.3. The summed E-state index contributed by atoms with van der Waals surface area (Å²) in [5, 5.41) is 42.0. The third-order valence-corrected chi connectivity index (χ3v) is 17.6. The first kappa shape index (κ1) is 74.7. The fourth-order valence-corrected chi connectivity index (χ4v) is 12.4. The number of Topliss-reactive ketones (excluding diaryl/α,β-unsaturated/α-hetero) is 1. The number of anilines is 3. The van der Waals surface area contributed by atoms with Crippen LogP contribution in [0, 0.1) is 40.6 Å². The van der Waals surface area contributed by atoms with E-state index in [1.54, 1.807) is 0 Å². The molecular formula is C64H56F12N22O8. The van der Waals surface area contributed by atoms with Gasteiger partial charge in [-0.25, -0.2) is 43.1 Å². The lowest BCUT2D eigenvalue weighted by Gasteiger charge is -2.31. The molecule has 9 heterocycles. The standard InChI is InChI=1S/C22H18F4N6O3.C21H20F4N8O3.C21H18F4N8O2/c23-14-5-4-10(6-13(14)22(24,25)26)7-27-20(34)18-16-17(28-9-29-18)19(31-30-16)32-8-15(33)11-2-1-3-12(11)21(32)35;22-12-4-3-10(6-11(12)21(23,24)25)7-28-20(36)17-15-16(29-9-30-17)19(32-31-15)27-8-14(34)33-5-1-2-13(33)18(26)35;22-14-4-3-11(6-13(14)21(23,24)25)8-28-20(35)18-16-17(29-10-30-18)19(32-31-16)27-9-15(34)33-5-1-2-12(33)7-26/h4-6,9,11-12H,1-3,7-8H2,(H,27,34)(H,30,31);3-4,6,9,13H,1-2,5,7-8H2,(H2,26,35)(H,28,36)(H2,27,31,32);3-4,6,10,12H,1-2,5,8-9H2,(H,28,35)(H2,27,31,32)/t11?,12-;13-;12-/m100/s1. The van der Waals surface area contributed by atoms with Gasteiger partial charge >= 0.3 is 18.5 Å². The molecule has 3 saturated heterocycles. The zero-order chi connectivity index (χ0) is 76.1. The number of nitrogens with zero attached hydrogens (tertiary/aromatic N) is 13. The van der Waals surface area contributed by atoms with Crippen LogP contribution in [0.25, 0.3) is 33.1 Å². The SMILES string of the molecule is N#C[C@@H]1CCCN1C(=O)CNc1n[nH]c2c(C(=O)NCc3ccc(F)c(C(F)(F)F)c3)ncnc12.NC(=O)[C@@H]1CCCN1C(=O)CNc1n[nH]c2c(C(=O)NCc3ccc(F)c(C(F)(F)F)c3)ncnc12.O=C(NCc1ccc(F)c(C(F)(F)F)c1)c1ncnc2c(N3CC(=O)C4CCC[C@H]4C3=O)n[nH]c12. The molecule has 3 aromatic carbocycles. The highest BCUT2D eigenvalue weighted by molar-refractivity contribution is 6.12. The molecular weight excluding hydrogens is 1430 g/mol. The lowest BCUT2D eigenvalue weighted by Crippen LogP contribution is -2.49. The van der Waals surface area contributed by atoms with Gasteiger partial charge in [0.2, 0.25) is 23.6 Å². The van der Waals surface area contributed by atoms with Gasteiger partial charge in [-0.15, -0.1) is 0 Å². The van der Waals surface area contributed by atoms with Gasteiger partial charge in [-0.05, 0) is 91.6 Å². The van der Waals surface area contributed by atoms with E-state index < -0.39 is 94.3 Å². The number of likely N-dealkylation sites (tertiary alicyclic amines) is 2. The minimum absolute atomic E-state index is 0.0315. The Balaban J connectivity index is 0.000000159. The van der Waals surface area contributed by atoms with Crippen molar-refractivity contribution >= 4 is 97.7 Å². The van der Waals surface area contributed by atoms with Crippen molar-refractivity contribution in [3.05, 3.63) is 141 Å². The van der Waals surface area contributed by atoms with Gasteiger partial charge in [0.15, 0.2) is 40.3 Å². The zero-order valence-corrected chi connectivity index (χ0v) is 54.5. The van der Waals surface area contributed by atoms with Crippen LogP contribution in [-0.4, -0.2) is 162 Å². The molecule has 42 heteroatoms. The maximum atomic E-state index is 13.5. The van der Waals surface area contributed by atoms with Crippen LogP contribution in [0.2, 0.25) is 0 Å². The van der Waals surface area contributed by atoms with Crippen molar-refractivity contribution in [3.63, 3.8) is 0 Å². The highest BCUT2D eigenvalue weighted by Crippen LogP contribution is 2.40. The maximum absolute atomic E-state index is 13.5. The van der Waals surface area contributed by atoms with Crippen LogP contribution in [0.4, 0.5) is 70.1 Å². The Kier molecular flexibility index (Phi) is 21.7. The Bertz CT molecular complexity index is 4960. The second-order valence-electron chi connectivity index (χ2n) is 24.3. The fourth-order valence-electron chi connectivity index (χ4n) is 12.4. The summed E-state index contributed by atoms with van der Waals surface area (Å²) < 4.78 is 157. The topological polar surface area (TPSA) is 420 Å². The van der Waals surface area contributed by atoms with Gasteiger partial charge in [-0.1, -0.05) is 24.6 Å². The predicted molar refractivity (Wildman–Crippen MR) is 342 cm³/mol. The number of ketones is 1. The summed E-state index contributed by atoms with van der Waals surface area (Å²) in [6.45, 7) is -0.549. The molecule has 1 aliphatic carbocycles. The van der Waals surface area contributed by atoms with E-state index in [9.17, 15) is 91.0 Å². The van der Waals surface area contributed by atoms with Crippen molar-refractivity contribution in [1.82, 2.24) is 86.2 Å². The van der Waals surface area contributed by atoms with E-state index in [1.165, 1.54) is 14.7 Å². The molecule has 13 rings (SSSR count). The Morgan fingerprint density at radius 3 is 1.38 bits per heavy atom. The summed E-state index contributed by atoms with van der Waals surface area (Å²) in [5.74, 6) is -8.18. The highest BCUT2D eigenvalue weighted by atomic mass is 19.4. The summed E-state index contributed by atoms with van der Waals surface area (Å²) in [6.07, 6.45) is -6.71. The van der Waals surface area contributed by atoms with Crippen LogP contribution in [0.15, 0.2) is 73.6 Å². The van der Waals surface area contributed by atoms with Crippen molar-refractivity contribution in [2.24, 2.45) is 17.6 Å². The molecule has 4 fully saturated rings. The number of primary amides is 1. The Morgan fingerprint density at radius 2 is 0.934 bits per heavy atom. The van der Waals surface area contributed by atoms with Crippen LogP contribution >= 0.6 is 0 Å². The smallest absolute Gasteiger partial charge is 0.368 e. The van der Waals surface area contributed by atoms with Crippen molar-refractivity contribution in [2.75, 3.05) is 48.3 Å². The summed E-state index contributed by atoms with van der Waals surface area (Å²) in [5.41, 5.74) is 1.67. The summed E-state index contributed by atoms with van der Waals surface area (Å²) in [4.78, 5) is 128. The number of halogens is 12. The monoisotopic (exact) mass is 1490 g/mol. The number of carbonyl (C=O) groups excluding carboxylic acids is 8. The molecule has 9 aromatic rings. The molecule has 0 spiro atoms. The number of alkyl halides is 9. The number of nitrogens with one attached hydrogen (secondary N) is 8. The van der Waals surface area contributed by atoms with E-state index in [4.69, 9.17) is 11.0 Å². The van der Waals surface area contributed by atoms with Gasteiger partial charge < -0.3 is 42.1 Å². The third-order valence-electron chi connectivity index (χ3n) is 17.6. The molecule has 106 heavy (non-hydrogen) atoms. The van der Waals surface area contributed by atoms with E-state index in [-0.39, 0.29) is 153 Å². The van der Waals surface area contributed by atoms with E-state index in [0.29, 0.717) is 81.6 Å². The number of aromatic nitrogens is 12. The van der Waals surface area contributed by atoms with Gasteiger partial charge in [-0.2, -0.15) is 60.1 Å². The van der Waals surface area contributed by atoms with Gasteiger partial charge in [0.05, 0.1) is 42.4 Å². The first-order chi connectivity index (χ1) is 50.4. The fraction of sp³-hybridized carbons (Fsp3) is 0.344. The highest BCUT2D eigenvalue weighted by Gasteiger charge is 2.46. The molecule has 10 N–H and O–H groups in total. The number of hydrogen-bond acceptors (Lipinski definition) is 20. The zero-order valence-electron chi connectivity index (χ0n) is 54.5. The molecule has 3 aliphatic heterocycles. The van der Waals surface area contributed by atoms with Crippen LogP contribution < -0.4 is 37.2 Å². The van der Waals surface area contributed by atoms with Crippen LogP contribution in [0.5, 0.6) is 0 Å². The molecule has 1 unspecified atom stereocenters. The van der Waals surface area contributed by atoms with E-state index >= 15 is 0 Å². The van der Waals surface area contributed by atoms with Gasteiger partial charge in [-0.3, -0.25) is 58.6 Å². The second kappa shape index (κ2) is 30.8. The summed E-state index contributed by atoms with van der Waals surface area (Å²) in [7, 11) is 0. The number of benzene rings is 3. The van der Waals surface area contributed by atoms with Crippen molar-refractivity contribution in [3.8, 4) is 6.07 Å². The number of rotatable bonds is 17. The lowest BCUT2D eigenvalue weighted by molar-refractivity contribution is -0.140. The Morgan fingerprint density at radius 1 is 0.528 bits per heavy atom. The Hall–Kier alpha value is -12.5. The number of aromatic amines is 3. The first-order valence-electron chi connectivity index (χ1n) is 32.0. The van der Waals surface area contributed by atoms with Crippen molar-refractivity contribution in [1.29, 1.82) is 5.26 Å². The molecule has 4 aliphatic rings. The predicted octanol–water partition coefficient (Wildman–Crippen LogP) is 6.47. The number of fused-ring (bicyclic) bond motifs is 4. The van der Waals surface area contributed by atoms with Crippen LogP contribution in [0.3, 0.4) is 0 Å². The van der Waals surface area contributed by atoms with Crippen LogP contribution in [0.1, 0.15) is 110 Å². The molecule has 4 atom stereocenters. The number of piperidine rings is 1. The molecule has 1 saturated carbocycles. The molecule has 0 radical (unpaired) electrons.